The molecule has 0 aliphatic heterocycles. The molecule has 3 rings (SSSR count). The molecule has 5 nitrogen and oxygen atoms in total. The highest BCUT2D eigenvalue weighted by molar-refractivity contribution is 9.10. The third-order valence-corrected chi connectivity index (χ3v) is 3.86. The summed E-state index contributed by atoms with van der Waals surface area (Å²) in [6.45, 7) is 0.176. The molecule has 24 heavy (non-hydrogen) atoms. The van der Waals surface area contributed by atoms with Crippen molar-refractivity contribution in [2.45, 2.75) is 6.61 Å². The third kappa shape index (κ3) is 3.95. The van der Waals surface area contributed by atoms with Gasteiger partial charge in [0.25, 0.3) is 0 Å². The van der Waals surface area contributed by atoms with Crippen LogP contribution in [0, 0.1) is 10.6 Å². The average Bonchev–Trinajstić information content (AvgIpc) is 2.95. The molecule has 1 heterocycles. The van der Waals surface area contributed by atoms with Gasteiger partial charge in [-0.3, -0.25) is 0 Å². The summed E-state index contributed by atoms with van der Waals surface area (Å²) < 4.78 is 21.9. The lowest BCUT2D eigenvalue weighted by Gasteiger charge is -2.05. The van der Waals surface area contributed by atoms with Crippen LogP contribution in [-0.4, -0.2) is 21.1 Å². The van der Waals surface area contributed by atoms with E-state index < -0.39 is 0 Å². The van der Waals surface area contributed by atoms with Gasteiger partial charge in [-0.25, -0.2) is 9.49 Å². The van der Waals surface area contributed by atoms with E-state index in [1.54, 1.807) is 12.1 Å². The molecular formula is C16H12BrFN4OS. The molecule has 2 aromatic carbocycles. The summed E-state index contributed by atoms with van der Waals surface area (Å²) in [5, 5.41) is 10.9. The van der Waals surface area contributed by atoms with Crippen LogP contribution in [0.5, 0.6) is 5.75 Å². The largest absolute Gasteiger partial charge is 0.486 e. The van der Waals surface area contributed by atoms with Crippen LogP contribution in [0.3, 0.4) is 0 Å². The highest BCUT2D eigenvalue weighted by Gasteiger charge is 2.07. The maximum absolute atomic E-state index is 13.8. The molecule has 3 aromatic rings. The van der Waals surface area contributed by atoms with Crippen LogP contribution in [-0.2, 0) is 6.61 Å². The van der Waals surface area contributed by atoms with Crippen molar-refractivity contribution in [3.05, 3.63) is 75.0 Å². The van der Waals surface area contributed by atoms with Crippen LogP contribution in [0.4, 0.5) is 4.39 Å². The first-order chi connectivity index (χ1) is 11.6. The van der Waals surface area contributed by atoms with Gasteiger partial charge in [0.05, 0.1) is 6.21 Å². The highest BCUT2D eigenvalue weighted by Crippen LogP contribution is 2.14. The Morgan fingerprint density at radius 1 is 1.29 bits per heavy atom. The van der Waals surface area contributed by atoms with Gasteiger partial charge in [0.1, 0.15) is 18.2 Å². The SMILES string of the molecule is Fc1ccc(Br)cc1C=Nn1c(COc2ccccc2)n[nH]c1=S. The summed E-state index contributed by atoms with van der Waals surface area (Å²) >= 11 is 8.45. The lowest BCUT2D eigenvalue weighted by atomic mass is 10.2. The predicted molar refractivity (Wildman–Crippen MR) is 95.3 cm³/mol. The summed E-state index contributed by atoms with van der Waals surface area (Å²) in [6.07, 6.45) is 1.39. The molecule has 0 saturated heterocycles. The summed E-state index contributed by atoms with van der Waals surface area (Å²) in [6, 6.07) is 13.9. The quantitative estimate of drug-likeness (QED) is 0.507. The standard InChI is InChI=1S/C16H12BrFN4OS/c17-12-6-7-14(18)11(8-12)9-19-22-15(20-21-16(22)24)10-23-13-4-2-1-3-5-13/h1-9H,10H2,(H,21,24). The molecule has 0 amide bonds. The Balaban J connectivity index is 1.81. The Morgan fingerprint density at radius 2 is 2.08 bits per heavy atom. The number of benzene rings is 2. The van der Waals surface area contributed by atoms with E-state index >= 15 is 0 Å². The number of para-hydroxylation sites is 1. The van der Waals surface area contributed by atoms with Crippen molar-refractivity contribution in [1.29, 1.82) is 0 Å². The zero-order chi connectivity index (χ0) is 16.9. The summed E-state index contributed by atoms with van der Waals surface area (Å²) in [7, 11) is 0. The molecule has 0 radical (unpaired) electrons. The van der Waals surface area contributed by atoms with Crippen LogP contribution in [0.25, 0.3) is 0 Å². The van der Waals surface area contributed by atoms with E-state index in [1.807, 2.05) is 30.3 Å². The number of hydrogen-bond acceptors (Lipinski definition) is 4. The van der Waals surface area contributed by atoms with Crippen molar-refractivity contribution in [2.75, 3.05) is 0 Å². The highest BCUT2D eigenvalue weighted by atomic mass is 79.9. The van der Waals surface area contributed by atoms with Crippen molar-refractivity contribution in [3.8, 4) is 5.75 Å². The number of aromatic nitrogens is 3. The molecule has 8 heteroatoms. The smallest absolute Gasteiger partial charge is 0.216 e. The summed E-state index contributed by atoms with van der Waals surface area (Å²) in [4.78, 5) is 0. The molecule has 0 unspecified atom stereocenters. The number of ether oxygens (including phenoxy) is 1. The van der Waals surface area contributed by atoms with E-state index in [1.165, 1.54) is 17.0 Å². The monoisotopic (exact) mass is 406 g/mol. The Bertz CT molecular complexity index is 923. The second kappa shape index (κ2) is 7.50. The normalized spacial score (nSPS) is 11.1. The number of aromatic amines is 1. The first-order valence-electron chi connectivity index (χ1n) is 6.97. The fraction of sp³-hybridized carbons (Fsp3) is 0.0625. The second-order valence-corrected chi connectivity index (χ2v) is 6.07. The molecular weight excluding hydrogens is 395 g/mol. The Kier molecular flexibility index (Phi) is 5.17. The number of hydrogen-bond donors (Lipinski definition) is 1. The third-order valence-electron chi connectivity index (χ3n) is 3.10. The molecule has 122 valence electrons. The maximum Gasteiger partial charge on any atom is 0.216 e. The average molecular weight is 407 g/mol. The van der Waals surface area contributed by atoms with E-state index in [2.05, 4.69) is 31.2 Å². The van der Waals surface area contributed by atoms with Crippen LogP contribution in [0.1, 0.15) is 11.4 Å². The zero-order valence-corrected chi connectivity index (χ0v) is 14.7. The molecule has 0 atom stereocenters. The van der Waals surface area contributed by atoms with E-state index in [0.717, 1.165) is 4.47 Å². The minimum atomic E-state index is -0.376. The Labute approximate surface area is 150 Å². The maximum atomic E-state index is 13.8. The van der Waals surface area contributed by atoms with Crippen molar-refractivity contribution in [2.24, 2.45) is 5.10 Å². The fourth-order valence-electron chi connectivity index (χ4n) is 1.93. The molecule has 0 saturated carbocycles. The number of H-pyrrole nitrogens is 1. The van der Waals surface area contributed by atoms with Crippen molar-refractivity contribution in [1.82, 2.24) is 14.9 Å². The molecule has 0 spiro atoms. The molecule has 0 aliphatic carbocycles. The molecule has 1 N–H and O–H groups in total. The second-order valence-electron chi connectivity index (χ2n) is 4.77. The predicted octanol–water partition coefficient (Wildman–Crippen LogP) is 4.30. The van der Waals surface area contributed by atoms with Gasteiger partial charge in [-0.05, 0) is 42.5 Å². The van der Waals surface area contributed by atoms with Crippen LogP contribution in [0.15, 0.2) is 58.1 Å². The van der Waals surface area contributed by atoms with Crippen molar-refractivity contribution < 1.29 is 9.13 Å². The van der Waals surface area contributed by atoms with E-state index in [-0.39, 0.29) is 12.4 Å². The molecule has 0 fully saturated rings. The molecule has 1 aromatic heterocycles. The fourth-order valence-corrected chi connectivity index (χ4v) is 2.51. The minimum Gasteiger partial charge on any atom is -0.486 e. The first kappa shape index (κ1) is 16.5. The summed E-state index contributed by atoms with van der Waals surface area (Å²) in [5.41, 5.74) is 0.336. The van der Waals surface area contributed by atoms with E-state index in [9.17, 15) is 4.39 Å². The van der Waals surface area contributed by atoms with Crippen LogP contribution in [0.2, 0.25) is 0 Å². The zero-order valence-electron chi connectivity index (χ0n) is 12.3. The topological polar surface area (TPSA) is 55.2 Å². The number of rotatable bonds is 5. The van der Waals surface area contributed by atoms with Crippen LogP contribution >= 0.6 is 28.1 Å². The van der Waals surface area contributed by atoms with Gasteiger partial charge in [0.2, 0.25) is 4.77 Å². The lowest BCUT2D eigenvalue weighted by molar-refractivity contribution is 0.290. The Hall–Kier alpha value is -2.32. The number of halogens is 2. The van der Waals surface area contributed by atoms with Gasteiger partial charge in [0, 0.05) is 10.0 Å². The molecule has 0 bridgehead atoms. The number of nitrogens with one attached hydrogen (secondary N) is 1. The Morgan fingerprint density at radius 3 is 2.88 bits per heavy atom. The van der Waals surface area contributed by atoms with Crippen molar-refractivity contribution in [3.63, 3.8) is 0 Å². The number of nitrogens with zero attached hydrogens (tertiary/aromatic N) is 3. The van der Waals surface area contributed by atoms with Gasteiger partial charge in [0.15, 0.2) is 5.82 Å². The van der Waals surface area contributed by atoms with Crippen molar-refractivity contribution >= 4 is 34.4 Å². The first-order valence-corrected chi connectivity index (χ1v) is 8.17. The van der Waals surface area contributed by atoms with E-state index in [0.29, 0.717) is 21.9 Å². The van der Waals surface area contributed by atoms with Gasteiger partial charge >= 0.3 is 0 Å². The van der Waals surface area contributed by atoms with Gasteiger partial charge in [-0.15, -0.1) is 0 Å². The lowest BCUT2D eigenvalue weighted by Crippen LogP contribution is -2.04. The van der Waals surface area contributed by atoms with Crippen LogP contribution < -0.4 is 4.74 Å². The van der Waals surface area contributed by atoms with E-state index in [4.69, 9.17) is 17.0 Å². The summed E-state index contributed by atoms with van der Waals surface area (Å²) in [5.74, 6) is 0.814. The van der Waals surface area contributed by atoms with Gasteiger partial charge in [-0.2, -0.15) is 14.9 Å². The molecule has 0 aliphatic rings. The van der Waals surface area contributed by atoms with Gasteiger partial charge < -0.3 is 4.74 Å². The van der Waals surface area contributed by atoms with Gasteiger partial charge in [-0.1, -0.05) is 34.1 Å². The minimum absolute atomic E-state index is 0.176.